The molecular weight excluding hydrogens is 448 g/mol. The smallest absolute Gasteiger partial charge is 0.248 e. The first kappa shape index (κ1) is 21.8. The van der Waals surface area contributed by atoms with Crippen LogP contribution in [0.15, 0.2) is 71.6 Å². The fourth-order valence-corrected chi connectivity index (χ4v) is 6.68. The van der Waals surface area contributed by atoms with Gasteiger partial charge in [0.1, 0.15) is 6.61 Å². The van der Waals surface area contributed by atoms with E-state index in [1.54, 1.807) is 16.4 Å². The quantitative estimate of drug-likeness (QED) is 0.570. The molecule has 3 fully saturated rings. The van der Waals surface area contributed by atoms with Crippen LogP contribution in [-0.4, -0.2) is 61.4 Å². The van der Waals surface area contributed by atoms with Crippen molar-refractivity contribution in [1.29, 1.82) is 0 Å². The second-order valence-electron chi connectivity index (χ2n) is 9.71. The summed E-state index contributed by atoms with van der Waals surface area (Å²) in [4.78, 5) is 14.5. The Morgan fingerprint density at radius 1 is 0.853 bits per heavy atom. The number of piperidine rings is 1. The van der Waals surface area contributed by atoms with Gasteiger partial charge in [-0.2, -0.15) is 4.31 Å². The van der Waals surface area contributed by atoms with Gasteiger partial charge >= 0.3 is 0 Å². The minimum atomic E-state index is -3.58. The van der Waals surface area contributed by atoms with Gasteiger partial charge in [0.2, 0.25) is 15.9 Å². The third-order valence-electron chi connectivity index (χ3n) is 7.48. The van der Waals surface area contributed by atoms with Crippen LogP contribution in [0.1, 0.15) is 25.7 Å². The number of fused-ring (bicyclic) bond motifs is 1. The molecule has 6 rings (SSSR count). The number of carbonyl (C=O) groups excluding carboxylic acids is 1. The van der Waals surface area contributed by atoms with Gasteiger partial charge in [-0.15, -0.1) is 0 Å². The van der Waals surface area contributed by atoms with Crippen LogP contribution in [0.25, 0.3) is 21.9 Å². The highest BCUT2D eigenvalue weighted by molar-refractivity contribution is 7.89. The predicted molar refractivity (Wildman–Crippen MR) is 131 cm³/mol. The van der Waals surface area contributed by atoms with E-state index in [1.165, 1.54) is 5.39 Å². The lowest BCUT2D eigenvalue weighted by Gasteiger charge is -2.46. The molecule has 1 amide bonds. The second kappa shape index (κ2) is 8.18. The zero-order valence-corrected chi connectivity index (χ0v) is 19.8. The molecule has 176 valence electrons. The van der Waals surface area contributed by atoms with Crippen molar-refractivity contribution < 1.29 is 17.9 Å². The standard InChI is InChI=1S/C27H28N2O4S/c30-26-18-33-27(19-29(26)24-9-10-24)13-15-28(16-14-27)34(31,32)25-11-7-21(8-12-25)23-6-5-20-3-1-2-4-22(20)17-23/h1-8,11-12,17,24H,9-10,13-16,18-19H2. The van der Waals surface area contributed by atoms with Crippen molar-refractivity contribution in [3.8, 4) is 11.1 Å². The number of rotatable bonds is 4. The third-order valence-corrected chi connectivity index (χ3v) is 9.39. The van der Waals surface area contributed by atoms with E-state index in [9.17, 15) is 13.2 Å². The summed E-state index contributed by atoms with van der Waals surface area (Å²) in [7, 11) is -3.58. The Kier molecular flexibility index (Phi) is 5.24. The summed E-state index contributed by atoms with van der Waals surface area (Å²) >= 11 is 0. The lowest BCUT2D eigenvalue weighted by molar-refractivity contribution is -0.170. The van der Waals surface area contributed by atoms with Gasteiger partial charge in [0.05, 0.1) is 17.0 Å². The normalized spacial score (nSPS) is 21.3. The molecule has 3 aromatic carbocycles. The number of morpholine rings is 1. The van der Waals surface area contributed by atoms with Gasteiger partial charge in [-0.25, -0.2) is 8.42 Å². The molecule has 2 aliphatic heterocycles. The number of amides is 1. The average Bonchev–Trinajstić information content (AvgIpc) is 3.71. The molecule has 6 nitrogen and oxygen atoms in total. The molecule has 1 spiro atoms. The summed E-state index contributed by atoms with van der Waals surface area (Å²) in [5.41, 5.74) is 1.64. The molecule has 0 aromatic heterocycles. The monoisotopic (exact) mass is 476 g/mol. The summed E-state index contributed by atoms with van der Waals surface area (Å²) in [6, 6.07) is 22.0. The first-order valence-electron chi connectivity index (χ1n) is 12.0. The first-order valence-corrected chi connectivity index (χ1v) is 13.4. The van der Waals surface area contributed by atoms with E-state index in [4.69, 9.17) is 4.74 Å². The van der Waals surface area contributed by atoms with E-state index in [0.29, 0.717) is 43.4 Å². The molecule has 34 heavy (non-hydrogen) atoms. The van der Waals surface area contributed by atoms with Crippen molar-refractivity contribution in [1.82, 2.24) is 9.21 Å². The van der Waals surface area contributed by atoms with Crippen molar-refractivity contribution in [3.63, 3.8) is 0 Å². The summed E-state index contributed by atoms with van der Waals surface area (Å²) in [5, 5.41) is 2.34. The molecule has 0 N–H and O–H groups in total. The molecule has 0 atom stereocenters. The van der Waals surface area contributed by atoms with E-state index in [1.807, 2.05) is 29.2 Å². The molecule has 0 bridgehead atoms. The van der Waals surface area contributed by atoms with Gasteiger partial charge in [0.15, 0.2) is 0 Å². The highest BCUT2D eigenvalue weighted by atomic mass is 32.2. The summed E-state index contributed by atoms with van der Waals surface area (Å²) in [5.74, 6) is 0.0645. The topological polar surface area (TPSA) is 66.9 Å². The average molecular weight is 477 g/mol. The van der Waals surface area contributed by atoms with Crippen LogP contribution in [0.3, 0.4) is 0 Å². The van der Waals surface area contributed by atoms with Gasteiger partial charge < -0.3 is 9.64 Å². The van der Waals surface area contributed by atoms with Crippen LogP contribution in [0, 0.1) is 0 Å². The summed E-state index contributed by atoms with van der Waals surface area (Å²) in [6.07, 6.45) is 3.35. The van der Waals surface area contributed by atoms with Crippen LogP contribution in [0.4, 0.5) is 0 Å². The molecule has 7 heteroatoms. The van der Waals surface area contributed by atoms with E-state index in [-0.39, 0.29) is 12.5 Å². The number of carbonyl (C=O) groups is 1. The van der Waals surface area contributed by atoms with Crippen LogP contribution in [0.2, 0.25) is 0 Å². The maximum Gasteiger partial charge on any atom is 0.248 e. The molecule has 2 heterocycles. The largest absolute Gasteiger partial charge is 0.363 e. The maximum atomic E-state index is 13.3. The second-order valence-corrected chi connectivity index (χ2v) is 11.7. The molecule has 1 saturated carbocycles. The van der Waals surface area contributed by atoms with Crippen molar-refractivity contribution in [2.24, 2.45) is 0 Å². The van der Waals surface area contributed by atoms with Gasteiger partial charge in [-0.05, 0) is 65.8 Å². The van der Waals surface area contributed by atoms with E-state index >= 15 is 0 Å². The van der Waals surface area contributed by atoms with Gasteiger partial charge in [0, 0.05) is 19.1 Å². The van der Waals surface area contributed by atoms with Crippen molar-refractivity contribution in [3.05, 3.63) is 66.7 Å². The van der Waals surface area contributed by atoms with E-state index in [0.717, 1.165) is 29.4 Å². The Morgan fingerprint density at radius 3 is 2.24 bits per heavy atom. The summed E-state index contributed by atoms with van der Waals surface area (Å²) < 4.78 is 34.2. The van der Waals surface area contributed by atoms with Gasteiger partial charge in [-0.1, -0.05) is 48.5 Å². The molecule has 2 saturated heterocycles. The number of hydrogen-bond donors (Lipinski definition) is 0. The van der Waals surface area contributed by atoms with Crippen molar-refractivity contribution >= 4 is 26.7 Å². The SMILES string of the molecule is O=C1COC2(CCN(S(=O)(=O)c3ccc(-c4ccc5ccccc5c4)cc3)CC2)CN1C1CC1. The number of ether oxygens (including phenoxy) is 1. The highest BCUT2D eigenvalue weighted by Crippen LogP contribution is 2.37. The molecule has 3 aromatic rings. The predicted octanol–water partition coefficient (Wildman–Crippen LogP) is 4.05. The lowest BCUT2D eigenvalue weighted by Crippen LogP contribution is -2.59. The van der Waals surface area contributed by atoms with E-state index < -0.39 is 15.6 Å². The molecule has 0 radical (unpaired) electrons. The summed E-state index contributed by atoms with van der Waals surface area (Å²) in [6.45, 7) is 1.51. The number of hydrogen-bond acceptors (Lipinski definition) is 4. The number of sulfonamides is 1. The lowest BCUT2D eigenvalue weighted by atomic mass is 9.90. The van der Waals surface area contributed by atoms with Crippen LogP contribution >= 0.6 is 0 Å². The van der Waals surface area contributed by atoms with Crippen molar-refractivity contribution in [2.45, 2.75) is 42.2 Å². The maximum absolute atomic E-state index is 13.3. The van der Waals surface area contributed by atoms with Crippen LogP contribution in [-0.2, 0) is 19.6 Å². The minimum absolute atomic E-state index is 0.0645. The zero-order valence-electron chi connectivity index (χ0n) is 19.0. The fraction of sp³-hybridized carbons (Fsp3) is 0.370. The van der Waals surface area contributed by atoms with Crippen LogP contribution < -0.4 is 0 Å². The van der Waals surface area contributed by atoms with Crippen molar-refractivity contribution in [2.75, 3.05) is 26.2 Å². The third kappa shape index (κ3) is 3.91. The zero-order chi connectivity index (χ0) is 23.3. The fourth-order valence-electron chi connectivity index (χ4n) is 5.23. The molecule has 0 unspecified atom stereocenters. The number of benzene rings is 3. The van der Waals surface area contributed by atoms with Gasteiger partial charge in [-0.3, -0.25) is 4.79 Å². The van der Waals surface area contributed by atoms with E-state index in [2.05, 4.69) is 30.3 Å². The molecule has 1 aliphatic carbocycles. The highest BCUT2D eigenvalue weighted by Gasteiger charge is 2.47. The Morgan fingerprint density at radius 2 is 1.53 bits per heavy atom. The Balaban J connectivity index is 1.16. The Bertz CT molecular complexity index is 1340. The minimum Gasteiger partial charge on any atom is -0.363 e. The molecular formula is C27H28N2O4S. The molecule has 3 aliphatic rings. The van der Waals surface area contributed by atoms with Crippen LogP contribution in [0.5, 0.6) is 0 Å². The first-order chi connectivity index (χ1) is 16.4. The Hall–Kier alpha value is -2.74. The van der Waals surface area contributed by atoms with Gasteiger partial charge in [0.25, 0.3) is 0 Å². The number of nitrogens with zero attached hydrogens (tertiary/aromatic N) is 2. The Labute approximate surface area is 200 Å².